The number of hydrogen-bond donors (Lipinski definition) is 1. The molecule has 0 aromatic carbocycles. The van der Waals surface area contributed by atoms with E-state index in [1.165, 1.54) is 0 Å². The second-order valence-corrected chi connectivity index (χ2v) is 4.12. The van der Waals surface area contributed by atoms with Crippen LogP contribution in [0.1, 0.15) is 44.4 Å². The molecule has 0 amide bonds. The quantitative estimate of drug-likeness (QED) is 0.579. The van der Waals surface area contributed by atoms with Gasteiger partial charge in [0.15, 0.2) is 5.22 Å². The first-order valence-corrected chi connectivity index (χ1v) is 6.07. The van der Waals surface area contributed by atoms with E-state index in [1.54, 1.807) is 6.07 Å². The molecular weight excluding hydrogens is 222 g/mol. The van der Waals surface area contributed by atoms with E-state index in [4.69, 9.17) is 22.4 Å². The van der Waals surface area contributed by atoms with Gasteiger partial charge in [-0.1, -0.05) is 6.92 Å². The minimum atomic E-state index is 0.223. The maximum Gasteiger partial charge on any atom is 0.193 e. The topological polar surface area (TPSA) is 25.2 Å². The Hall–Kier alpha value is -0.910. The number of unbranched alkanes of at least 4 members (excludes halogenated alkanes) is 1. The molecule has 1 rings (SSSR count). The summed E-state index contributed by atoms with van der Waals surface area (Å²) >= 11 is 5.77. The van der Waals surface area contributed by atoms with Crippen LogP contribution in [0.15, 0.2) is 16.5 Å². The first-order chi connectivity index (χ1) is 7.77. The Morgan fingerprint density at radius 1 is 1.56 bits per heavy atom. The lowest BCUT2D eigenvalue weighted by atomic mass is 10.1. The standard InChI is InChI=1S/C13H18ClNO/c1-3-5-6-7-11(15-10-4-2)12-8-9-13(14)16-12/h1,8-9,11,15H,4-7,10H2,2H3. The van der Waals surface area contributed by atoms with Crippen molar-refractivity contribution in [3.63, 3.8) is 0 Å². The van der Waals surface area contributed by atoms with Crippen LogP contribution in [0.25, 0.3) is 0 Å². The Labute approximate surface area is 102 Å². The van der Waals surface area contributed by atoms with Gasteiger partial charge in [0.1, 0.15) is 5.76 Å². The average molecular weight is 240 g/mol. The summed E-state index contributed by atoms with van der Waals surface area (Å²) in [6.45, 7) is 3.11. The van der Waals surface area contributed by atoms with Crippen LogP contribution < -0.4 is 5.32 Å². The zero-order chi connectivity index (χ0) is 11.8. The van der Waals surface area contributed by atoms with Crippen molar-refractivity contribution in [2.45, 2.75) is 38.6 Å². The normalized spacial score (nSPS) is 12.3. The predicted molar refractivity (Wildman–Crippen MR) is 67.4 cm³/mol. The van der Waals surface area contributed by atoms with Crippen molar-refractivity contribution in [1.82, 2.24) is 5.32 Å². The first-order valence-electron chi connectivity index (χ1n) is 5.70. The van der Waals surface area contributed by atoms with Crippen LogP contribution in [0.4, 0.5) is 0 Å². The summed E-state index contributed by atoms with van der Waals surface area (Å²) < 4.78 is 5.42. The molecule has 0 aliphatic heterocycles. The number of hydrogen-bond acceptors (Lipinski definition) is 2. The third-order valence-corrected chi connectivity index (χ3v) is 2.60. The van der Waals surface area contributed by atoms with Crippen molar-refractivity contribution in [1.29, 1.82) is 0 Å². The van der Waals surface area contributed by atoms with Gasteiger partial charge >= 0.3 is 0 Å². The van der Waals surface area contributed by atoms with Gasteiger partial charge in [-0.15, -0.1) is 12.3 Å². The Bertz CT molecular complexity index is 340. The van der Waals surface area contributed by atoms with Gasteiger partial charge in [0.05, 0.1) is 6.04 Å². The van der Waals surface area contributed by atoms with Gasteiger partial charge in [-0.25, -0.2) is 0 Å². The lowest BCUT2D eigenvalue weighted by molar-refractivity contribution is 0.391. The van der Waals surface area contributed by atoms with Crippen molar-refractivity contribution in [3.05, 3.63) is 23.1 Å². The zero-order valence-corrected chi connectivity index (χ0v) is 10.4. The summed E-state index contributed by atoms with van der Waals surface area (Å²) in [5, 5.41) is 3.88. The lowest BCUT2D eigenvalue weighted by Crippen LogP contribution is -2.21. The van der Waals surface area contributed by atoms with Gasteiger partial charge < -0.3 is 9.73 Å². The first kappa shape index (κ1) is 13.2. The Balaban J connectivity index is 2.53. The van der Waals surface area contributed by atoms with Gasteiger partial charge in [0, 0.05) is 6.42 Å². The van der Waals surface area contributed by atoms with Gasteiger partial charge in [-0.2, -0.15) is 0 Å². The molecule has 0 radical (unpaired) electrons. The Morgan fingerprint density at radius 3 is 2.94 bits per heavy atom. The highest BCUT2D eigenvalue weighted by Gasteiger charge is 2.13. The molecule has 0 aliphatic rings. The summed E-state index contributed by atoms with van der Waals surface area (Å²) in [7, 11) is 0. The fourth-order valence-corrected chi connectivity index (χ4v) is 1.74. The molecule has 1 unspecified atom stereocenters. The molecule has 1 N–H and O–H groups in total. The molecule has 1 aromatic rings. The third-order valence-electron chi connectivity index (χ3n) is 2.39. The fourth-order valence-electron chi connectivity index (χ4n) is 1.59. The highest BCUT2D eigenvalue weighted by Crippen LogP contribution is 2.23. The molecule has 0 bridgehead atoms. The molecule has 2 nitrogen and oxygen atoms in total. The van der Waals surface area contributed by atoms with Crippen molar-refractivity contribution in [3.8, 4) is 12.3 Å². The molecule has 1 atom stereocenters. The van der Waals surface area contributed by atoms with Crippen LogP contribution in [0.5, 0.6) is 0 Å². The summed E-state index contributed by atoms with van der Waals surface area (Å²) in [5.41, 5.74) is 0. The van der Waals surface area contributed by atoms with Crippen LogP contribution in [0.2, 0.25) is 5.22 Å². The molecule has 3 heteroatoms. The molecule has 0 aliphatic carbocycles. The number of nitrogens with one attached hydrogen (secondary N) is 1. The van der Waals surface area contributed by atoms with Crippen molar-refractivity contribution >= 4 is 11.6 Å². The zero-order valence-electron chi connectivity index (χ0n) is 9.63. The maximum atomic E-state index is 5.77. The van der Waals surface area contributed by atoms with Gasteiger partial charge in [-0.05, 0) is 49.5 Å². The largest absolute Gasteiger partial charge is 0.448 e. The number of rotatable bonds is 7. The Kier molecular flexibility index (Phi) is 6.07. The molecule has 1 heterocycles. The number of terminal acetylenes is 1. The number of halogens is 1. The van der Waals surface area contributed by atoms with Crippen molar-refractivity contribution < 1.29 is 4.42 Å². The molecular formula is C13H18ClNO. The van der Waals surface area contributed by atoms with Crippen LogP contribution in [-0.4, -0.2) is 6.54 Å². The van der Waals surface area contributed by atoms with Crippen LogP contribution in [0, 0.1) is 12.3 Å². The SMILES string of the molecule is C#CCCCC(NCCC)c1ccc(Cl)o1. The second kappa shape index (κ2) is 7.38. The van der Waals surface area contributed by atoms with Crippen LogP contribution >= 0.6 is 11.6 Å². The van der Waals surface area contributed by atoms with E-state index >= 15 is 0 Å². The highest BCUT2D eigenvalue weighted by molar-refractivity contribution is 6.28. The monoisotopic (exact) mass is 239 g/mol. The summed E-state index contributed by atoms with van der Waals surface area (Å²) in [6.07, 6.45) is 9.12. The highest BCUT2D eigenvalue weighted by atomic mass is 35.5. The molecule has 16 heavy (non-hydrogen) atoms. The van der Waals surface area contributed by atoms with E-state index in [1.807, 2.05) is 6.07 Å². The maximum absolute atomic E-state index is 5.77. The van der Waals surface area contributed by atoms with Gasteiger partial charge in [0.25, 0.3) is 0 Å². The summed E-state index contributed by atoms with van der Waals surface area (Å²) in [4.78, 5) is 0. The molecule has 0 saturated heterocycles. The Morgan fingerprint density at radius 2 is 2.38 bits per heavy atom. The predicted octanol–water partition coefficient (Wildman–Crippen LogP) is 3.78. The lowest BCUT2D eigenvalue weighted by Gasteiger charge is -2.15. The molecule has 0 spiro atoms. The van der Waals surface area contributed by atoms with E-state index in [9.17, 15) is 0 Å². The minimum Gasteiger partial charge on any atom is -0.448 e. The molecule has 1 aromatic heterocycles. The average Bonchev–Trinajstić information content (AvgIpc) is 2.70. The van der Waals surface area contributed by atoms with Crippen molar-refractivity contribution in [2.75, 3.05) is 6.54 Å². The molecule has 0 fully saturated rings. The second-order valence-electron chi connectivity index (χ2n) is 3.74. The van der Waals surface area contributed by atoms with Crippen LogP contribution in [0.3, 0.4) is 0 Å². The van der Waals surface area contributed by atoms with Gasteiger partial charge in [0.2, 0.25) is 0 Å². The van der Waals surface area contributed by atoms with Crippen molar-refractivity contribution in [2.24, 2.45) is 0 Å². The van der Waals surface area contributed by atoms with E-state index in [2.05, 4.69) is 18.2 Å². The fraction of sp³-hybridized carbons (Fsp3) is 0.538. The number of furan rings is 1. The van der Waals surface area contributed by atoms with Gasteiger partial charge in [-0.3, -0.25) is 0 Å². The molecule has 0 saturated carbocycles. The molecule has 88 valence electrons. The third kappa shape index (κ3) is 4.30. The van der Waals surface area contributed by atoms with Crippen LogP contribution in [-0.2, 0) is 0 Å². The summed E-state index contributed by atoms with van der Waals surface area (Å²) in [6, 6.07) is 3.92. The minimum absolute atomic E-state index is 0.223. The summed E-state index contributed by atoms with van der Waals surface area (Å²) in [5.74, 6) is 3.55. The smallest absolute Gasteiger partial charge is 0.193 e. The van der Waals surface area contributed by atoms with E-state index < -0.39 is 0 Å². The van der Waals surface area contributed by atoms with E-state index in [0.29, 0.717) is 5.22 Å². The van der Waals surface area contributed by atoms with E-state index in [0.717, 1.165) is 38.0 Å². The van der Waals surface area contributed by atoms with E-state index in [-0.39, 0.29) is 6.04 Å².